The molecule has 0 bridgehead atoms. The highest BCUT2D eigenvalue weighted by molar-refractivity contribution is 9.10. The van der Waals surface area contributed by atoms with E-state index in [9.17, 15) is 4.79 Å². The predicted octanol–water partition coefficient (Wildman–Crippen LogP) is 3.07. The molecule has 0 saturated carbocycles. The molecule has 0 radical (unpaired) electrons. The summed E-state index contributed by atoms with van der Waals surface area (Å²) in [6, 6.07) is 7.91. The zero-order chi connectivity index (χ0) is 15.5. The topological polar surface area (TPSA) is 68.0 Å². The fraction of sp³-hybridized carbons (Fsp3) is 0.333. The van der Waals surface area contributed by atoms with Gasteiger partial charge in [0.1, 0.15) is 5.69 Å². The number of nitrogens with one attached hydrogen (secondary N) is 1. The lowest BCUT2D eigenvalue weighted by atomic mass is 9.94. The largest absolute Gasteiger partial charge is 0.342 e. The number of rotatable bonds is 5. The molecule has 1 aromatic carbocycles. The Morgan fingerprint density at radius 1 is 1.38 bits per heavy atom. The van der Waals surface area contributed by atoms with Crippen molar-refractivity contribution in [3.05, 3.63) is 50.4 Å². The summed E-state index contributed by atoms with van der Waals surface area (Å²) in [6.45, 7) is 4.49. The van der Waals surface area contributed by atoms with Crippen molar-refractivity contribution in [1.29, 1.82) is 0 Å². The molecular weight excluding hydrogens is 350 g/mol. The van der Waals surface area contributed by atoms with E-state index in [1.165, 1.54) is 11.3 Å². The fourth-order valence-electron chi connectivity index (χ4n) is 1.94. The van der Waals surface area contributed by atoms with Crippen molar-refractivity contribution in [1.82, 2.24) is 10.3 Å². The number of amides is 1. The highest BCUT2D eigenvalue weighted by Crippen LogP contribution is 2.23. The third kappa shape index (κ3) is 4.12. The fourth-order valence-corrected chi connectivity index (χ4v) is 3.00. The number of nitrogens with two attached hydrogens (primary N) is 1. The molecular formula is C15H18BrN3OS. The summed E-state index contributed by atoms with van der Waals surface area (Å²) in [4.78, 5) is 16.6. The van der Waals surface area contributed by atoms with E-state index >= 15 is 0 Å². The van der Waals surface area contributed by atoms with Crippen LogP contribution in [0, 0.1) is 0 Å². The highest BCUT2D eigenvalue weighted by Gasteiger charge is 2.24. The third-order valence-electron chi connectivity index (χ3n) is 3.13. The van der Waals surface area contributed by atoms with Crippen molar-refractivity contribution >= 4 is 33.2 Å². The molecule has 2 rings (SSSR count). The Kier molecular flexibility index (Phi) is 5.13. The van der Waals surface area contributed by atoms with E-state index in [0.717, 1.165) is 15.0 Å². The van der Waals surface area contributed by atoms with Crippen molar-refractivity contribution in [3.63, 3.8) is 0 Å². The van der Waals surface area contributed by atoms with E-state index in [0.29, 0.717) is 18.7 Å². The number of hydrogen-bond acceptors (Lipinski definition) is 4. The lowest BCUT2D eigenvalue weighted by Gasteiger charge is -2.26. The van der Waals surface area contributed by atoms with Crippen molar-refractivity contribution in [3.8, 4) is 0 Å². The summed E-state index contributed by atoms with van der Waals surface area (Å²) in [5.74, 6) is -0.164. The van der Waals surface area contributed by atoms with Crippen LogP contribution in [-0.4, -0.2) is 17.4 Å². The minimum absolute atomic E-state index is 0.164. The standard InChI is InChI=1S/C15H18BrN3OS/c1-15(2,10-3-5-11(16)6-4-10)19-14(20)12-9-21-13(18-12)7-8-17/h3-6,9H,7-8,17H2,1-2H3,(H,19,20). The normalized spacial score (nSPS) is 11.4. The Morgan fingerprint density at radius 3 is 2.67 bits per heavy atom. The van der Waals surface area contributed by atoms with Crippen LogP contribution in [-0.2, 0) is 12.0 Å². The zero-order valence-electron chi connectivity index (χ0n) is 12.0. The van der Waals surface area contributed by atoms with Crippen LogP contribution in [0.4, 0.5) is 0 Å². The molecule has 0 aliphatic rings. The summed E-state index contributed by atoms with van der Waals surface area (Å²) in [6.07, 6.45) is 0.702. The lowest BCUT2D eigenvalue weighted by molar-refractivity contribution is 0.0907. The van der Waals surface area contributed by atoms with E-state index < -0.39 is 5.54 Å². The van der Waals surface area contributed by atoms with Crippen LogP contribution in [0.1, 0.15) is 34.9 Å². The molecule has 1 heterocycles. The van der Waals surface area contributed by atoms with Crippen molar-refractivity contribution in [2.45, 2.75) is 25.8 Å². The van der Waals surface area contributed by atoms with Crippen LogP contribution in [0.25, 0.3) is 0 Å². The zero-order valence-corrected chi connectivity index (χ0v) is 14.4. The van der Waals surface area contributed by atoms with Crippen LogP contribution in [0.15, 0.2) is 34.1 Å². The van der Waals surface area contributed by atoms with Gasteiger partial charge in [-0.25, -0.2) is 4.98 Å². The maximum absolute atomic E-state index is 12.3. The Morgan fingerprint density at radius 2 is 2.05 bits per heavy atom. The van der Waals surface area contributed by atoms with Crippen LogP contribution >= 0.6 is 27.3 Å². The third-order valence-corrected chi connectivity index (χ3v) is 4.57. The number of carbonyl (C=O) groups is 1. The Balaban J connectivity index is 2.11. The Labute approximate surface area is 136 Å². The summed E-state index contributed by atoms with van der Waals surface area (Å²) in [5.41, 5.74) is 6.53. The minimum atomic E-state index is -0.463. The number of hydrogen-bond donors (Lipinski definition) is 2. The molecule has 0 saturated heterocycles. The first-order valence-electron chi connectivity index (χ1n) is 6.65. The minimum Gasteiger partial charge on any atom is -0.342 e. The van der Waals surface area contributed by atoms with Crippen molar-refractivity contribution in [2.75, 3.05) is 6.54 Å². The van der Waals surface area contributed by atoms with Gasteiger partial charge in [-0.3, -0.25) is 4.79 Å². The summed E-state index contributed by atoms with van der Waals surface area (Å²) in [5, 5.41) is 5.69. The molecule has 0 aliphatic carbocycles. The molecule has 1 aromatic heterocycles. The van der Waals surface area contributed by atoms with E-state index in [1.807, 2.05) is 38.1 Å². The van der Waals surface area contributed by atoms with Crippen LogP contribution in [0.2, 0.25) is 0 Å². The van der Waals surface area contributed by atoms with Crippen LogP contribution in [0.5, 0.6) is 0 Å². The van der Waals surface area contributed by atoms with Gasteiger partial charge in [0.2, 0.25) is 0 Å². The van der Waals surface area contributed by atoms with Gasteiger partial charge in [0.25, 0.3) is 5.91 Å². The summed E-state index contributed by atoms with van der Waals surface area (Å²) >= 11 is 4.88. The number of thiazole rings is 1. The second-order valence-electron chi connectivity index (χ2n) is 5.25. The summed E-state index contributed by atoms with van der Waals surface area (Å²) in [7, 11) is 0. The molecule has 0 spiro atoms. The van der Waals surface area contributed by atoms with Gasteiger partial charge in [0.05, 0.1) is 10.5 Å². The van der Waals surface area contributed by atoms with Crippen LogP contribution < -0.4 is 11.1 Å². The molecule has 1 amide bonds. The van der Waals surface area contributed by atoms with Gasteiger partial charge in [-0.15, -0.1) is 11.3 Å². The lowest BCUT2D eigenvalue weighted by Crippen LogP contribution is -2.41. The molecule has 21 heavy (non-hydrogen) atoms. The number of aromatic nitrogens is 1. The Hall–Kier alpha value is -1.24. The smallest absolute Gasteiger partial charge is 0.271 e. The van der Waals surface area contributed by atoms with Gasteiger partial charge in [0.15, 0.2) is 0 Å². The predicted molar refractivity (Wildman–Crippen MR) is 89.5 cm³/mol. The van der Waals surface area contributed by atoms with E-state index in [4.69, 9.17) is 5.73 Å². The maximum Gasteiger partial charge on any atom is 0.271 e. The quantitative estimate of drug-likeness (QED) is 0.852. The molecule has 0 aliphatic heterocycles. The average molecular weight is 368 g/mol. The maximum atomic E-state index is 12.3. The number of halogens is 1. The number of benzene rings is 1. The molecule has 2 aromatic rings. The molecule has 4 nitrogen and oxygen atoms in total. The van der Waals surface area contributed by atoms with Gasteiger partial charge in [-0.2, -0.15) is 0 Å². The monoisotopic (exact) mass is 367 g/mol. The first-order valence-corrected chi connectivity index (χ1v) is 8.32. The second kappa shape index (κ2) is 6.68. The molecule has 0 unspecified atom stereocenters. The Bertz CT molecular complexity index is 622. The average Bonchev–Trinajstić information content (AvgIpc) is 2.88. The highest BCUT2D eigenvalue weighted by atomic mass is 79.9. The SMILES string of the molecule is CC(C)(NC(=O)c1csc(CCN)n1)c1ccc(Br)cc1. The molecule has 112 valence electrons. The van der Waals surface area contributed by atoms with Gasteiger partial charge < -0.3 is 11.1 Å². The molecule has 0 atom stereocenters. The van der Waals surface area contributed by atoms with Gasteiger partial charge in [-0.05, 0) is 38.1 Å². The second-order valence-corrected chi connectivity index (χ2v) is 7.11. The van der Waals surface area contributed by atoms with Gasteiger partial charge >= 0.3 is 0 Å². The van der Waals surface area contributed by atoms with E-state index in [1.54, 1.807) is 5.38 Å². The summed E-state index contributed by atoms with van der Waals surface area (Å²) < 4.78 is 1.01. The van der Waals surface area contributed by atoms with Gasteiger partial charge in [0, 0.05) is 16.3 Å². The van der Waals surface area contributed by atoms with Gasteiger partial charge in [-0.1, -0.05) is 28.1 Å². The first-order chi connectivity index (χ1) is 9.92. The molecule has 0 fully saturated rings. The number of carbonyl (C=O) groups excluding carboxylic acids is 1. The first kappa shape index (κ1) is 16.1. The van der Waals surface area contributed by atoms with Crippen molar-refractivity contribution in [2.24, 2.45) is 5.73 Å². The van der Waals surface area contributed by atoms with Crippen LogP contribution in [0.3, 0.4) is 0 Å². The number of nitrogens with zero attached hydrogens (tertiary/aromatic N) is 1. The van der Waals surface area contributed by atoms with Crippen molar-refractivity contribution < 1.29 is 4.79 Å². The van der Waals surface area contributed by atoms with E-state index in [2.05, 4.69) is 26.2 Å². The molecule has 6 heteroatoms. The molecule has 3 N–H and O–H groups in total. The van der Waals surface area contributed by atoms with E-state index in [-0.39, 0.29) is 5.91 Å².